The van der Waals surface area contributed by atoms with Crippen LogP contribution in [0.2, 0.25) is 0 Å². The highest BCUT2D eigenvalue weighted by molar-refractivity contribution is 5.86. The first-order valence-corrected chi connectivity index (χ1v) is 7.05. The SMILES string of the molecule is c1ccc2cc(-c3nc(C4CNCCO4)no3)ccc2c1. The quantitative estimate of drug-likeness (QED) is 0.782. The van der Waals surface area contributed by atoms with Crippen molar-refractivity contribution < 1.29 is 9.26 Å². The Balaban J connectivity index is 1.67. The summed E-state index contributed by atoms with van der Waals surface area (Å²) in [6.45, 7) is 2.26. The molecule has 2 aromatic carbocycles. The lowest BCUT2D eigenvalue weighted by Crippen LogP contribution is -2.33. The minimum atomic E-state index is -0.128. The van der Waals surface area contributed by atoms with E-state index < -0.39 is 0 Å². The van der Waals surface area contributed by atoms with Crippen LogP contribution < -0.4 is 5.32 Å². The summed E-state index contributed by atoms with van der Waals surface area (Å²) in [5.74, 6) is 1.13. The van der Waals surface area contributed by atoms with E-state index in [0.29, 0.717) is 18.3 Å². The average molecular weight is 281 g/mol. The Morgan fingerprint density at radius 3 is 2.86 bits per heavy atom. The van der Waals surface area contributed by atoms with Crippen LogP contribution in [0.4, 0.5) is 0 Å². The first-order chi connectivity index (χ1) is 10.4. The maximum absolute atomic E-state index is 5.64. The highest BCUT2D eigenvalue weighted by Crippen LogP contribution is 2.25. The van der Waals surface area contributed by atoms with Crippen LogP contribution in [0, 0.1) is 0 Å². The molecule has 1 atom stereocenters. The zero-order chi connectivity index (χ0) is 14.1. The summed E-state index contributed by atoms with van der Waals surface area (Å²) >= 11 is 0. The molecule has 0 bridgehead atoms. The summed E-state index contributed by atoms with van der Waals surface area (Å²) in [6.07, 6.45) is -0.128. The predicted octanol–water partition coefficient (Wildman–Crippen LogP) is 2.55. The minimum absolute atomic E-state index is 0.128. The third kappa shape index (κ3) is 2.41. The third-order valence-electron chi connectivity index (χ3n) is 3.65. The normalized spacial score (nSPS) is 19.0. The molecule has 3 aromatic rings. The fraction of sp³-hybridized carbons (Fsp3) is 0.250. The van der Waals surface area contributed by atoms with Crippen LogP contribution in [-0.4, -0.2) is 29.8 Å². The van der Waals surface area contributed by atoms with E-state index in [2.05, 4.69) is 39.7 Å². The fourth-order valence-corrected chi connectivity index (χ4v) is 2.54. The maximum Gasteiger partial charge on any atom is 0.258 e. The number of fused-ring (bicyclic) bond motifs is 1. The fourth-order valence-electron chi connectivity index (χ4n) is 2.54. The Bertz CT molecular complexity index is 763. The maximum atomic E-state index is 5.64. The molecular weight excluding hydrogens is 266 g/mol. The molecule has 4 rings (SSSR count). The van der Waals surface area contributed by atoms with Gasteiger partial charge in [0.1, 0.15) is 6.10 Å². The molecule has 106 valence electrons. The molecule has 5 nitrogen and oxygen atoms in total. The number of nitrogens with one attached hydrogen (secondary N) is 1. The van der Waals surface area contributed by atoms with Gasteiger partial charge in [-0.15, -0.1) is 0 Å². The predicted molar refractivity (Wildman–Crippen MR) is 78.8 cm³/mol. The Morgan fingerprint density at radius 1 is 1.10 bits per heavy atom. The minimum Gasteiger partial charge on any atom is -0.367 e. The molecule has 1 saturated heterocycles. The first-order valence-electron chi connectivity index (χ1n) is 7.05. The average Bonchev–Trinajstić information content (AvgIpc) is 3.05. The Morgan fingerprint density at radius 2 is 2.00 bits per heavy atom. The number of morpholine rings is 1. The van der Waals surface area contributed by atoms with E-state index >= 15 is 0 Å². The van der Waals surface area contributed by atoms with Crippen molar-refractivity contribution in [2.24, 2.45) is 0 Å². The summed E-state index contributed by atoms with van der Waals surface area (Å²) in [5, 5.41) is 9.66. The standard InChI is InChI=1S/C16H15N3O2/c1-2-4-12-9-13(6-5-11(12)3-1)16-18-15(19-21-16)14-10-17-7-8-20-14/h1-6,9,14,17H,7-8,10H2. The van der Waals surface area contributed by atoms with Crippen molar-refractivity contribution in [1.29, 1.82) is 0 Å². The van der Waals surface area contributed by atoms with E-state index in [1.807, 2.05) is 18.2 Å². The van der Waals surface area contributed by atoms with Crippen molar-refractivity contribution in [1.82, 2.24) is 15.5 Å². The lowest BCUT2D eigenvalue weighted by molar-refractivity contribution is 0.0208. The molecule has 1 aliphatic heterocycles. The van der Waals surface area contributed by atoms with E-state index in [9.17, 15) is 0 Å². The van der Waals surface area contributed by atoms with Gasteiger partial charge in [-0.1, -0.05) is 35.5 Å². The van der Waals surface area contributed by atoms with Crippen molar-refractivity contribution in [2.75, 3.05) is 19.7 Å². The topological polar surface area (TPSA) is 60.2 Å². The second-order valence-electron chi connectivity index (χ2n) is 5.08. The molecule has 0 aliphatic carbocycles. The van der Waals surface area contributed by atoms with Gasteiger partial charge in [-0.25, -0.2) is 0 Å². The second-order valence-corrected chi connectivity index (χ2v) is 5.08. The van der Waals surface area contributed by atoms with Crippen molar-refractivity contribution in [3.63, 3.8) is 0 Å². The molecule has 0 saturated carbocycles. The van der Waals surface area contributed by atoms with Crippen molar-refractivity contribution in [3.05, 3.63) is 48.3 Å². The smallest absolute Gasteiger partial charge is 0.258 e. The largest absolute Gasteiger partial charge is 0.367 e. The van der Waals surface area contributed by atoms with E-state index in [0.717, 1.165) is 24.0 Å². The molecule has 21 heavy (non-hydrogen) atoms. The molecular formula is C16H15N3O2. The number of aromatic nitrogens is 2. The lowest BCUT2D eigenvalue weighted by Gasteiger charge is -2.20. The summed E-state index contributed by atoms with van der Waals surface area (Å²) in [6, 6.07) is 14.3. The summed E-state index contributed by atoms with van der Waals surface area (Å²) in [7, 11) is 0. The number of hydrogen-bond donors (Lipinski definition) is 1. The van der Waals surface area contributed by atoms with Gasteiger partial charge in [0.25, 0.3) is 5.89 Å². The Kier molecular flexibility index (Phi) is 3.14. The van der Waals surface area contributed by atoms with Crippen LogP contribution in [0.1, 0.15) is 11.9 Å². The third-order valence-corrected chi connectivity index (χ3v) is 3.65. The van der Waals surface area contributed by atoms with E-state index in [1.54, 1.807) is 0 Å². The van der Waals surface area contributed by atoms with Crippen LogP contribution >= 0.6 is 0 Å². The van der Waals surface area contributed by atoms with Gasteiger partial charge in [-0.05, 0) is 22.9 Å². The Hall–Kier alpha value is -2.24. The van der Waals surface area contributed by atoms with Gasteiger partial charge >= 0.3 is 0 Å². The van der Waals surface area contributed by atoms with E-state index in [4.69, 9.17) is 9.26 Å². The van der Waals surface area contributed by atoms with Crippen molar-refractivity contribution >= 4 is 10.8 Å². The molecule has 1 aliphatic rings. The number of benzene rings is 2. The van der Waals surface area contributed by atoms with Crippen LogP contribution in [0.3, 0.4) is 0 Å². The molecule has 2 heterocycles. The van der Waals surface area contributed by atoms with Crippen molar-refractivity contribution in [3.8, 4) is 11.5 Å². The number of hydrogen-bond acceptors (Lipinski definition) is 5. The molecule has 0 radical (unpaired) electrons. The molecule has 1 unspecified atom stereocenters. The lowest BCUT2D eigenvalue weighted by atomic mass is 10.1. The van der Waals surface area contributed by atoms with Gasteiger partial charge in [0.15, 0.2) is 0 Å². The van der Waals surface area contributed by atoms with E-state index in [-0.39, 0.29) is 6.10 Å². The van der Waals surface area contributed by atoms with Gasteiger partial charge < -0.3 is 14.6 Å². The van der Waals surface area contributed by atoms with Crippen LogP contribution in [-0.2, 0) is 4.74 Å². The highest BCUT2D eigenvalue weighted by atomic mass is 16.5. The molecule has 1 aromatic heterocycles. The van der Waals surface area contributed by atoms with Crippen LogP contribution in [0.15, 0.2) is 47.0 Å². The summed E-state index contributed by atoms with van der Waals surface area (Å²) < 4.78 is 11.0. The van der Waals surface area contributed by atoms with Crippen LogP contribution in [0.5, 0.6) is 0 Å². The summed E-state index contributed by atoms with van der Waals surface area (Å²) in [4.78, 5) is 4.47. The highest BCUT2D eigenvalue weighted by Gasteiger charge is 2.21. The molecule has 1 fully saturated rings. The number of rotatable bonds is 2. The second kappa shape index (κ2) is 5.27. The van der Waals surface area contributed by atoms with Crippen LogP contribution in [0.25, 0.3) is 22.2 Å². The monoisotopic (exact) mass is 281 g/mol. The van der Waals surface area contributed by atoms with Gasteiger partial charge in [-0.2, -0.15) is 4.98 Å². The van der Waals surface area contributed by atoms with E-state index in [1.165, 1.54) is 5.39 Å². The molecule has 1 N–H and O–H groups in total. The molecule has 0 spiro atoms. The Labute approximate surface area is 121 Å². The molecule has 5 heteroatoms. The first kappa shape index (κ1) is 12.5. The van der Waals surface area contributed by atoms with Crippen molar-refractivity contribution in [2.45, 2.75) is 6.10 Å². The number of nitrogens with zero attached hydrogens (tertiary/aromatic N) is 2. The van der Waals surface area contributed by atoms with Gasteiger partial charge in [0.05, 0.1) is 6.61 Å². The summed E-state index contributed by atoms with van der Waals surface area (Å²) in [5.41, 5.74) is 0.927. The zero-order valence-corrected chi connectivity index (χ0v) is 11.5. The van der Waals surface area contributed by atoms with Gasteiger partial charge in [0, 0.05) is 18.7 Å². The molecule has 0 amide bonds. The van der Waals surface area contributed by atoms with Gasteiger partial charge in [-0.3, -0.25) is 0 Å². The zero-order valence-electron chi connectivity index (χ0n) is 11.5. The number of ether oxygens (including phenoxy) is 1. The van der Waals surface area contributed by atoms with Gasteiger partial charge in [0.2, 0.25) is 5.82 Å².